The van der Waals surface area contributed by atoms with Crippen LogP contribution in [0.3, 0.4) is 0 Å². The number of hydrogen-bond donors (Lipinski definition) is 1. The van der Waals surface area contributed by atoms with E-state index in [4.69, 9.17) is 4.74 Å². The fraction of sp³-hybridized carbons (Fsp3) is 0.562. The van der Waals surface area contributed by atoms with E-state index in [0.29, 0.717) is 17.5 Å². The van der Waals surface area contributed by atoms with Gasteiger partial charge in [-0.1, -0.05) is 20.8 Å². The summed E-state index contributed by atoms with van der Waals surface area (Å²) in [6.07, 6.45) is -0.876. The minimum Gasteiger partial charge on any atom is -0.493 e. The van der Waals surface area contributed by atoms with Gasteiger partial charge in [0.2, 0.25) is 0 Å². The van der Waals surface area contributed by atoms with Crippen LogP contribution in [-0.4, -0.2) is 43.7 Å². The fourth-order valence-electron chi connectivity index (χ4n) is 3.16. The van der Waals surface area contributed by atoms with Gasteiger partial charge in [-0.05, 0) is 35.1 Å². The lowest BCUT2D eigenvalue weighted by atomic mass is 9.77. The Morgan fingerprint density at radius 2 is 1.81 bits per heavy atom. The molecule has 1 amide bonds. The predicted octanol–water partition coefficient (Wildman–Crippen LogP) is 3.55. The third-order valence-corrected chi connectivity index (χ3v) is 5.17. The summed E-state index contributed by atoms with van der Waals surface area (Å²) in [4.78, 5) is 12.8. The Bertz CT molecular complexity index is 845. The van der Waals surface area contributed by atoms with E-state index in [1.165, 1.54) is 18.1 Å². The van der Waals surface area contributed by atoms with Gasteiger partial charge in [-0.15, -0.1) is 0 Å². The average molecular weight is 411 g/mol. The summed E-state index contributed by atoms with van der Waals surface area (Å²) in [5, 5.41) is 9.49. The van der Waals surface area contributed by atoms with Crippen LogP contribution in [0.2, 0.25) is 0 Å². The number of carboxylic acid groups (broad SMARTS) is 1. The quantitative estimate of drug-likeness (QED) is 0.604. The van der Waals surface area contributed by atoms with Crippen molar-refractivity contribution >= 4 is 16.2 Å². The lowest BCUT2D eigenvalue weighted by Gasteiger charge is -2.43. The molecule has 0 radical (unpaired) electrons. The van der Waals surface area contributed by atoms with E-state index in [2.05, 4.69) is 4.18 Å². The molecule has 1 N–H and O–H groups in total. The Balaban J connectivity index is 2.64. The predicted molar refractivity (Wildman–Crippen MR) is 89.2 cm³/mol. The van der Waals surface area contributed by atoms with E-state index in [1.54, 1.807) is 20.8 Å². The zero-order chi connectivity index (χ0) is 20.8. The van der Waals surface area contributed by atoms with Crippen molar-refractivity contribution in [3.05, 3.63) is 23.3 Å². The van der Waals surface area contributed by atoms with Gasteiger partial charge in [0.25, 0.3) is 0 Å². The second-order valence-electron chi connectivity index (χ2n) is 7.18. The standard InChI is InChI=1S/C16H20F3NO6S/c1-15(2,3)13-10-8-12(26-27(23,24)16(17,18)19)11(25-4)7-9(10)5-6-20(13)14(21)22/h7-8,13H,5-6H2,1-4H3,(H,21,22). The molecule has 0 saturated heterocycles. The highest BCUT2D eigenvalue weighted by Crippen LogP contribution is 2.46. The molecule has 0 aromatic heterocycles. The first-order valence-electron chi connectivity index (χ1n) is 7.90. The summed E-state index contributed by atoms with van der Waals surface area (Å²) >= 11 is 0. The average Bonchev–Trinajstić information content (AvgIpc) is 2.50. The highest BCUT2D eigenvalue weighted by Gasteiger charge is 2.49. The molecule has 1 aromatic rings. The third-order valence-electron chi connectivity index (χ3n) is 4.20. The van der Waals surface area contributed by atoms with Crippen molar-refractivity contribution < 1.29 is 40.4 Å². The number of benzene rings is 1. The highest BCUT2D eigenvalue weighted by atomic mass is 32.2. The normalized spacial score (nSPS) is 18.0. The number of methoxy groups -OCH3 is 1. The van der Waals surface area contributed by atoms with Gasteiger partial charge in [0.1, 0.15) is 0 Å². The number of nitrogens with zero attached hydrogens (tertiary/aromatic N) is 1. The molecule has 152 valence electrons. The molecule has 1 aromatic carbocycles. The molecule has 11 heteroatoms. The Labute approximate surface area is 154 Å². The van der Waals surface area contributed by atoms with Crippen LogP contribution in [0, 0.1) is 5.41 Å². The Kier molecular flexibility index (Phi) is 5.30. The van der Waals surface area contributed by atoms with E-state index >= 15 is 0 Å². The molecule has 7 nitrogen and oxygen atoms in total. The van der Waals surface area contributed by atoms with Gasteiger partial charge in [-0.2, -0.15) is 21.6 Å². The van der Waals surface area contributed by atoms with Crippen LogP contribution >= 0.6 is 0 Å². The Morgan fingerprint density at radius 1 is 1.22 bits per heavy atom. The molecule has 0 saturated carbocycles. The molecule has 1 atom stereocenters. The SMILES string of the molecule is COc1cc2c(cc1OS(=O)(=O)C(F)(F)F)C(C(C)(C)C)N(C(=O)O)CC2. The van der Waals surface area contributed by atoms with E-state index in [-0.39, 0.29) is 12.3 Å². The number of fused-ring (bicyclic) bond motifs is 1. The van der Waals surface area contributed by atoms with E-state index in [9.17, 15) is 31.5 Å². The number of carbonyl (C=O) groups is 1. The van der Waals surface area contributed by atoms with Crippen molar-refractivity contribution in [3.8, 4) is 11.5 Å². The van der Waals surface area contributed by atoms with E-state index in [0.717, 1.165) is 6.07 Å². The molecule has 27 heavy (non-hydrogen) atoms. The number of alkyl halides is 3. The monoisotopic (exact) mass is 411 g/mol. The van der Waals surface area contributed by atoms with Crippen molar-refractivity contribution in [2.45, 2.75) is 38.7 Å². The molecular formula is C16H20F3NO6S. The summed E-state index contributed by atoms with van der Waals surface area (Å²) in [7, 11) is -4.73. The summed E-state index contributed by atoms with van der Waals surface area (Å²) in [6.45, 7) is 5.52. The Morgan fingerprint density at radius 3 is 2.26 bits per heavy atom. The maximum atomic E-state index is 12.7. The van der Waals surface area contributed by atoms with Crippen LogP contribution in [-0.2, 0) is 16.5 Å². The molecule has 0 bridgehead atoms. The lowest BCUT2D eigenvalue weighted by Crippen LogP contribution is -2.44. The van der Waals surface area contributed by atoms with Crippen molar-refractivity contribution in [1.29, 1.82) is 0 Å². The van der Waals surface area contributed by atoms with Crippen LogP contribution in [0.25, 0.3) is 0 Å². The van der Waals surface area contributed by atoms with Gasteiger partial charge >= 0.3 is 21.7 Å². The highest BCUT2D eigenvalue weighted by molar-refractivity contribution is 7.88. The van der Waals surface area contributed by atoms with E-state index in [1.807, 2.05) is 0 Å². The second-order valence-corrected chi connectivity index (χ2v) is 8.72. The van der Waals surface area contributed by atoms with Gasteiger partial charge in [0, 0.05) is 6.54 Å². The zero-order valence-corrected chi connectivity index (χ0v) is 15.9. The smallest absolute Gasteiger partial charge is 0.493 e. The van der Waals surface area contributed by atoms with Crippen LogP contribution in [0.4, 0.5) is 18.0 Å². The number of ether oxygens (including phenoxy) is 1. The van der Waals surface area contributed by atoms with Crippen LogP contribution in [0.1, 0.15) is 37.9 Å². The summed E-state index contributed by atoms with van der Waals surface area (Å²) in [5.41, 5.74) is -5.18. The summed E-state index contributed by atoms with van der Waals surface area (Å²) in [5.74, 6) is -0.826. The number of hydrogen-bond acceptors (Lipinski definition) is 5. The molecule has 1 aliphatic rings. The van der Waals surface area contributed by atoms with E-state index < -0.39 is 38.9 Å². The molecule has 2 rings (SSSR count). The first-order chi connectivity index (χ1) is 12.2. The van der Waals surface area contributed by atoms with Crippen LogP contribution in [0.15, 0.2) is 12.1 Å². The molecular weight excluding hydrogens is 391 g/mol. The van der Waals surface area contributed by atoms with Gasteiger partial charge < -0.3 is 18.9 Å². The molecule has 1 unspecified atom stereocenters. The topological polar surface area (TPSA) is 93.1 Å². The molecule has 1 heterocycles. The second kappa shape index (κ2) is 6.77. The number of amides is 1. The minimum absolute atomic E-state index is 0.182. The Hall–Kier alpha value is -2.17. The summed E-state index contributed by atoms with van der Waals surface area (Å²) in [6, 6.07) is 1.79. The van der Waals surface area contributed by atoms with Gasteiger partial charge in [-0.3, -0.25) is 0 Å². The zero-order valence-electron chi connectivity index (χ0n) is 15.1. The van der Waals surface area contributed by atoms with Gasteiger partial charge in [0.15, 0.2) is 11.5 Å². The lowest BCUT2D eigenvalue weighted by molar-refractivity contribution is -0.0500. The maximum absolute atomic E-state index is 12.7. The first-order valence-corrected chi connectivity index (χ1v) is 9.31. The van der Waals surface area contributed by atoms with Gasteiger partial charge in [-0.25, -0.2) is 4.79 Å². The van der Waals surface area contributed by atoms with Crippen LogP contribution < -0.4 is 8.92 Å². The maximum Gasteiger partial charge on any atom is 0.534 e. The largest absolute Gasteiger partial charge is 0.534 e. The molecule has 0 spiro atoms. The number of halogens is 3. The van der Waals surface area contributed by atoms with Crippen molar-refractivity contribution in [1.82, 2.24) is 4.90 Å². The van der Waals surface area contributed by atoms with Gasteiger partial charge in [0.05, 0.1) is 13.2 Å². The van der Waals surface area contributed by atoms with Crippen LogP contribution in [0.5, 0.6) is 11.5 Å². The fourth-order valence-corrected chi connectivity index (χ4v) is 3.62. The molecule has 0 aliphatic carbocycles. The summed E-state index contributed by atoms with van der Waals surface area (Å²) < 4.78 is 70.1. The molecule has 1 aliphatic heterocycles. The van der Waals surface area contributed by atoms with Crippen molar-refractivity contribution in [2.75, 3.05) is 13.7 Å². The number of rotatable bonds is 3. The minimum atomic E-state index is -5.90. The van der Waals surface area contributed by atoms with Crippen molar-refractivity contribution in [2.24, 2.45) is 5.41 Å². The molecule has 0 fully saturated rings. The first kappa shape index (κ1) is 21.1. The van der Waals surface area contributed by atoms with Crippen molar-refractivity contribution in [3.63, 3.8) is 0 Å². The third kappa shape index (κ3) is 4.07.